The second kappa shape index (κ2) is 5.71. The molecule has 0 aromatic heterocycles. The van der Waals surface area contributed by atoms with Crippen molar-refractivity contribution >= 4 is 0 Å². The van der Waals surface area contributed by atoms with Gasteiger partial charge in [0, 0.05) is 31.7 Å². The molecule has 0 aliphatic carbocycles. The Morgan fingerprint density at radius 3 is 2.11 bits per heavy atom. The molecule has 2 fully saturated rings. The zero-order valence-electron chi connectivity index (χ0n) is 13.7. The lowest BCUT2D eigenvalue weighted by Gasteiger charge is -2.50. The monoisotopic (exact) mass is 267 g/mol. The van der Waals surface area contributed by atoms with E-state index in [4.69, 9.17) is 0 Å². The molecule has 0 amide bonds. The Labute approximate surface area is 119 Å². The first-order chi connectivity index (χ1) is 8.85. The van der Waals surface area contributed by atoms with E-state index in [1.54, 1.807) is 0 Å². The summed E-state index contributed by atoms with van der Waals surface area (Å²) in [6.07, 6.45) is 2.72. The Balaban J connectivity index is 1.90. The Morgan fingerprint density at radius 1 is 0.947 bits per heavy atom. The van der Waals surface area contributed by atoms with Crippen LogP contribution in [-0.2, 0) is 0 Å². The summed E-state index contributed by atoms with van der Waals surface area (Å²) in [5.74, 6) is 0. The molecule has 112 valence electrons. The summed E-state index contributed by atoms with van der Waals surface area (Å²) < 4.78 is 0. The smallest absolute Gasteiger partial charge is 0.0280 e. The van der Waals surface area contributed by atoms with E-state index in [9.17, 15) is 0 Å². The van der Waals surface area contributed by atoms with Crippen molar-refractivity contribution in [2.24, 2.45) is 5.41 Å². The number of piperazine rings is 1. The van der Waals surface area contributed by atoms with E-state index in [0.29, 0.717) is 11.0 Å². The van der Waals surface area contributed by atoms with Crippen molar-refractivity contribution in [3.63, 3.8) is 0 Å². The molecule has 0 aromatic rings. The molecule has 0 aromatic carbocycles. The number of likely N-dealkylation sites (N-methyl/N-ethyl adjacent to an activating group) is 1. The van der Waals surface area contributed by atoms with Crippen molar-refractivity contribution in [3.05, 3.63) is 0 Å². The van der Waals surface area contributed by atoms with Gasteiger partial charge in [-0.05, 0) is 58.8 Å². The van der Waals surface area contributed by atoms with Gasteiger partial charge in [0.25, 0.3) is 0 Å². The van der Waals surface area contributed by atoms with Gasteiger partial charge in [0.15, 0.2) is 0 Å². The fourth-order valence-corrected chi connectivity index (χ4v) is 3.87. The average molecular weight is 267 g/mol. The van der Waals surface area contributed by atoms with E-state index in [1.807, 2.05) is 0 Å². The van der Waals surface area contributed by atoms with Gasteiger partial charge in [-0.2, -0.15) is 0 Å². The Kier molecular flexibility index (Phi) is 4.59. The normalized spacial score (nSPS) is 29.5. The van der Waals surface area contributed by atoms with Gasteiger partial charge in [-0.15, -0.1) is 0 Å². The van der Waals surface area contributed by atoms with Crippen molar-refractivity contribution in [3.8, 4) is 0 Å². The molecule has 2 aliphatic heterocycles. The van der Waals surface area contributed by atoms with E-state index in [2.05, 4.69) is 49.4 Å². The lowest BCUT2D eigenvalue weighted by molar-refractivity contribution is -0.00527. The number of piperidine rings is 1. The summed E-state index contributed by atoms with van der Waals surface area (Å²) in [4.78, 5) is 7.82. The highest BCUT2D eigenvalue weighted by atomic mass is 15.3. The number of hydrogen-bond donors (Lipinski definition) is 0. The Bertz CT molecular complexity index is 292. The SMILES string of the molecule is CCN1CCN(CC2(C)CCN(C)CC2)CC1(C)C. The maximum Gasteiger partial charge on any atom is 0.0280 e. The molecule has 0 bridgehead atoms. The molecule has 0 radical (unpaired) electrons. The van der Waals surface area contributed by atoms with E-state index < -0.39 is 0 Å². The van der Waals surface area contributed by atoms with Crippen LogP contribution in [0.2, 0.25) is 0 Å². The molecule has 2 rings (SSSR count). The minimum absolute atomic E-state index is 0.342. The van der Waals surface area contributed by atoms with Gasteiger partial charge in [-0.25, -0.2) is 0 Å². The van der Waals surface area contributed by atoms with Crippen LogP contribution in [0.1, 0.15) is 40.5 Å². The lowest BCUT2D eigenvalue weighted by Crippen LogP contribution is -2.60. The minimum Gasteiger partial charge on any atom is -0.306 e. The van der Waals surface area contributed by atoms with Crippen molar-refractivity contribution in [2.75, 3.05) is 52.9 Å². The second-order valence-electron chi connectivity index (χ2n) is 7.72. The third-order valence-electron chi connectivity index (χ3n) is 5.33. The van der Waals surface area contributed by atoms with Crippen molar-refractivity contribution in [2.45, 2.75) is 46.1 Å². The van der Waals surface area contributed by atoms with Crippen LogP contribution in [0.3, 0.4) is 0 Å². The fraction of sp³-hybridized carbons (Fsp3) is 1.00. The van der Waals surface area contributed by atoms with Crippen LogP contribution >= 0.6 is 0 Å². The highest BCUT2D eigenvalue weighted by Crippen LogP contribution is 2.33. The molecule has 0 N–H and O–H groups in total. The summed E-state index contributed by atoms with van der Waals surface area (Å²) in [7, 11) is 2.25. The van der Waals surface area contributed by atoms with Gasteiger partial charge in [0.1, 0.15) is 0 Å². The zero-order chi connectivity index (χ0) is 14.1. The molecule has 19 heavy (non-hydrogen) atoms. The Hall–Kier alpha value is -0.120. The third kappa shape index (κ3) is 3.71. The highest BCUT2D eigenvalue weighted by molar-refractivity contribution is 4.92. The zero-order valence-corrected chi connectivity index (χ0v) is 13.7. The third-order valence-corrected chi connectivity index (χ3v) is 5.33. The van der Waals surface area contributed by atoms with Crippen molar-refractivity contribution < 1.29 is 0 Å². The first-order valence-electron chi connectivity index (χ1n) is 8.01. The lowest BCUT2D eigenvalue weighted by atomic mass is 9.79. The number of hydrogen-bond acceptors (Lipinski definition) is 3. The van der Waals surface area contributed by atoms with Gasteiger partial charge >= 0.3 is 0 Å². The number of rotatable bonds is 3. The first kappa shape index (κ1) is 15.3. The van der Waals surface area contributed by atoms with Gasteiger partial charge in [-0.3, -0.25) is 9.80 Å². The summed E-state index contributed by atoms with van der Waals surface area (Å²) >= 11 is 0. The van der Waals surface area contributed by atoms with Gasteiger partial charge in [0.2, 0.25) is 0 Å². The van der Waals surface area contributed by atoms with Crippen LogP contribution < -0.4 is 0 Å². The van der Waals surface area contributed by atoms with E-state index >= 15 is 0 Å². The van der Waals surface area contributed by atoms with Gasteiger partial charge in [-0.1, -0.05) is 13.8 Å². The van der Waals surface area contributed by atoms with Crippen LogP contribution in [-0.4, -0.2) is 73.1 Å². The molecule has 0 saturated carbocycles. The second-order valence-corrected chi connectivity index (χ2v) is 7.72. The van der Waals surface area contributed by atoms with Gasteiger partial charge < -0.3 is 4.90 Å². The van der Waals surface area contributed by atoms with Crippen molar-refractivity contribution in [1.29, 1.82) is 0 Å². The summed E-state index contributed by atoms with van der Waals surface area (Å²) in [5, 5.41) is 0. The molecular weight excluding hydrogens is 234 g/mol. The topological polar surface area (TPSA) is 9.72 Å². The molecule has 3 heteroatoms. The Morgan fingerprint density at radius 2 is 1.58 bits per heavy atom. The van der Waals surface area contributed by atoms with Crippen LogP contribution in [0.4, 0.5) is 0 Å². The summed E-state index contributed by atoms with van der Waals surface area (Å²) in [6.45, 7) is 18.3. The van der Waals surface area contributed by atoms with Gasteiger partial charge in [0.05, 0.1) is 0 Å². The number of likely N-dealkylation sites (tertiary alicyclic amines) is 1. The molecule has 0 atom stereocenters. The molecule has 2 heterocycles. The summed E-state index contributed by atoms with van der Waals surface area (Å²) in [6, 6.07) is 0. The van der Waals surface area contributed by atoms with Crippen LogP contribution in [0.5, 0.6) is 0 Å². The average Bonchev–Trinajstić information content (AvgIpc) is 2.32. The molecule has 3 nitrogen and oxygen atoms in total. The predicted molar refractivity (Wildman–Crippen MR) is 82.6 cm³/mol. The van der Waals surface area contributed by atoms with Crippen LogP contribution in [0, 0.1) is 5.41 Å². The minimum atomic E-state index is 0.342. The first-order valence-corrected chi connectivity index (χ1v) is 8.01. The molecular formula is C16H33N3. The number of nitrogens with zero attached hydrogens (tertiary/aromatic N) is 3. The highest BCUT2D eigenvalue weighted by Gasteiger charge is 2.36. The maximum absolute atomic E-state index is 2.72. The molecule has 2 saturated heterocycles. The van der Waals surface area contributed by atoms with Crippen LogP contribution in [0.15, 0.2) is 0 Å². The fourth-order valence-electron chi connectivity index (χ4n) is 3.87. The van der Waals surface area contributed by atoms with Crippen LogP contribution in [0.25, 0.3) is 0 Å². The molecule has 0 spiro atoms. The quantitative estimate of drug-likeness (QED) is 0.776. The van der Waals surface area contributed by atoms with Crippen molar-refractivity contribution in [1.82, 2.24) is 14.7 Å². The molecule has 0 unspecified atom stereocenters. The largest absolute Gasteiger partial charge is 0.306 e. The molecule has 2 aliphatic rings. The maximum atomic E-state index is 2.72. The van der Waals surface area contributed by atoms with E-state index in [-0.39, 0.29) is 0 Å². The van der Waals surface area contributed by atoms with E-state index in [0.717, 1.165) is 0 Å². The summed E-state index contributed by atoms with van der Waals surface area (Å²) in [5.41, 5.74) is 0.881. The van der Waals surface area contributed by atoms with E-state index in [1.165, 1.54) is 58.7 Å². The predicted octanol–water partition coefficient (Wildman–Crippen LogP) is 2.13. The standard InChI is InChI=1S/C16H33N3/c1-6-19-12-11-18(13-15(19,2)3)14-16(4)7-9-17(5)10-8-16/h6-14H2,1-5H3.